The van der Waals surface area contributed by atoms with E-state index < -0.39 is 0 Å². The van der Waals surface area contributed by atoms with Crippen LogP contribution in [-0.2, 0) is 6.54 Å². The van der Waals surface area contributed by atoms with Gasteiger partial charge in [0.05, 0.1) is 4.88 Å². The van der Waals surface area contributed by atoms with E-state index >= 15 is 0 Å². The van der Waals surface area contributed by atoms with Crippen LogP contribution in [0.15, 0.2) is 12.1 Å². The molecule has 0 radical (unpaired) electrons. The maximum Gasteiger partial charge on any atom is 0.191 e. The van der Waals surface area contributed by atoms with Gasteiger partial charge in [0.15, 0.2) is 5.82 Å². The van der Waals surface area contributed by atoms with Crippen LogP contribution in [0.4, 0.5) is 0 Å². The maximum absolute atomic E-state index is 4.39. The van der Waals surface area contributed by atoms with Gasteiger partial charge in [0.1, 0.15) is 5.82 Å². The molecule has 118 valence electrons. The van der Waals surface area contributed by atoms with Crippen LogP contribution in [0.2, 0.25) is 0 Å². The molecule has 0 unspecified atom stereocenters. The number of aryl methyl sites for hydroxylation is 1. The summed E-state index contributed by atoms with van der Waals surface area (Å²) in [6.45, 7) is 5.50. The van der Waals surface area contributed by atoms with E-state index in [1.165, 1.54) is 43.6 Å². The minimum absolute atomic E-state index is 0. The van der Waals surface area contributed by atoms with Gasteiger partial charge in [-0.05, 0) is 45.0 Å². The molecule has 3 heterocycles. The predicted molar refractivity (Wildman–Crippen MR) is 92.7 cm³/mol. The van der Waals surface area contributed by atoms with Crippen molar-refractivity contribution >= 4 is 36.2 Å². The summed E-state index contributed by atoms with van der Waals surface area (Å²) in [5, 5.41) is 7.12. The highest BCUT2D eigenvalue weighted by Crippen LogP contribution is 2.26. The van der Waals surface area contributed by atoms with Crippen LogP contribution in [0.5, 0.6) is 0 Å². The highest BCUT2D eigenvalue weighted by atomic mass is 35.5. The quantitative estimate of drug-likeness (QED) is 0.909. The number of nitrogens with one attached hydrogen (secondary N) is 1. The Kier molecular flexibility index (Phi) is 7.66. The fourth-order valence-corrected chi connectivity index (χ4v) is 3.53. The van der Waals surface area contributed by atoms with Gasteiger partial charge in [-0.15, -0.1) is 36.2 Å². The number of H-pyrrole nitrogens is 1. The second-order valence-electron chi connectivity index (χ2n) is 5.20. The summed E-state index contributed by atoms with van der Waals surface area (Å²) >= 11 is 1.81. The summed E-state index contributed by atoms with van der Waals surface area (Å²) in [6.07, 6.45) is 5.47. The van der Waals surface area contributed by atoms with E-state index in [-0.39, 0.29) is 24.8 Å². The molecule has 0 aromatic carbocycles. The van der Waals surface area contributed by atoms with E-state index in [1.54, 1.807) is 0 Å². The maximum atomic E-state index is 4.39. The second-order valence-corrected chi connectivity index (χ2v) is 6.37. The van der Waals surface area contributed by atoms with Crippen molar-refractivity contribution in [2.24, 2.45) is 0 Å². The van der Waals surface area contributed by atoms with Crippen LogP contribution in [0.25, 0.3) is 10.7 Å². The molecule has 2 aromatic heterocycles. The SMILES string of the molecule is Cc1nc(-c2ccc(CN3CCCCCC3)s2)n[nH]1.Cl.Cl. The first-order chi connectivity index (χ1) is 9.31. The van der Waals surface area contributed by atoms with Crippen molar-refractivity contribution in [1.29, 1.82) is 0 Å². The Labute approximate surface area is 142 Å². The molecule has 2 aromatic rings. The molecule has 0 spiro atoms. The Bertz CT molecular complexity index is 533. The first kappa shape index (κ1) is 18.4. The van der Waals surface area contributed by atoms with E-state index in [4.69, 9.17) is 0 Å². The topological polar surface area (TPSA) is 44.8 Å². The number of nitrogens with zero attached hydrogens (tertiary/aromatic N) is 3. The highest BCUT2D eigenvalue weighted by molar-refractivity contribution is 7.15. The van der Waals surface area contributed by atoms with Crippen LogP contribution in [0.1, 0.15) is 36.4 Å². The standard InChI is InChI=1S/C14H20N4S.2ClH/c1-11-15-14(17-16-11)13-7-6-12(19-13)10-18-8-4-2-3-5-9-18;;/h6-7H,2-5,8-10H2,1H3,(H,15,16,17);2*1H. The molecule has 0 saturated carbocycles. The molecule has 1 aliphatic heterocycles. The van der Waals surface area contributed by atoms with Gasteiger partial charge in [0.2, 0.25) is 0 Å². The van der Waals surface area contributed by atoms with Crippen LogP contribution in [0.3, 0.4) is 0 Å². The Morgan fingerprint density at radius 1 is 1.14 bits per heavy atom. The predicted octanol–water partition coefficient (Wildman–Crippen LogP) is 4.06. The lowest BCUT2D eigenvalue weighted by atomic mass is 10.2. The number of hydrogen-bond donors (Lipinski definition) is 1. The fraction of sp³-hybridized carbons (Fsp3) is 0.571. The zero-order chi connectivity index (χ0) is 13.1. The van der Waals surface area contributed by atoms with Crippen LogP contribution in [0, 0.1) is 6.92 Å². The van der Waals surface area contributed by atoms with E-state index in [0.29, 0.717) is 0 Å². The third kappa shape index (κ3) is 4.95. The monoisotopic (exact) mass is 348 g/mol. The number of likely N-dealkylation sites (tertiary alicyclic amines) is 1. The normalized spacial score (nSPS) is 15.9. The molecule has 0 atom stereocenters. The summed E-state index contributed by atoms with van der Waals surface area (Å²) < 4.78 is 0. The smallest absolute Gasteiger partial charge is 0.191 e. The van der Waals surface area contributed by atoms with Crippen LogP contribution < -0.4 is 0 Å². The Hall–Kier alpha value is -0.620. The lowest BCUT2D eigenvalue weighted by Crippen LogP contribution is -2.23. The molecular formula is C14H22Cl2N4S. The van der Waals surface area contributed by atoms with Crippen molar-refractivity contribution in [3.8, 4) is 10.7 Å². The number of aromatic nitrogens is 3. The van der Waals surface area contributed by atoms with Crippen molar-refractivity contribution in [2.45, 2.75) is 39.2 Å². The molecular weight excluding hydrogens is 327 g/mol. The Morgan fingerprint density at radius 3 is 2.48 bits per heavy atom. The van der Waals surface area contributed by atoms with Gasteiger partial charge in [0, 0.05) is 11.4 Å². The largest absolute Gasteiger partial charge is 0.298 e. The number of halogens is 2. The molecule has 0 amide bonds. The van der Waals surface area contributed by atoms with Crippen molar-refractivity contribution in [3.05, 3.63) is 22.8 Å². The highest BCUT2D eigenvalue weighted by Gasteiger charge is 2.12. The van der Waals surface area contributed by atoms with Gasteiger partial charge in [-0.1, -0.05) is 12.8 Å². The Balaban J connectivity index is 0.00000110. The second kappa shape index (κ2) is 8.73. The summed E-state index contributed by atoms with van der Waals surface area (Å²) in [5.41, 5.74) is 0. The first-order valence-corrected chi connectivity index (χ1v) is 7.83. The summed E-state index contributed by atoms with van der Waals surface area (Å²) in [5.74, 6) is 1.70. The molecule has 4 nitrogen and oxygen atoms in total. The van der Waals surface area contributed by atoms with Crippen molar-refractivity contribution in [1.82, 2.24) is 20.1 Å². The van der Waals surface area contributed by atoms with E-state index in [1.807, 2.05) is 18.3 Å². The summed E-state index contributed by atoms with van der Waals surface area (Å²) in [4.78, 5) is 9.54. The zero-order valence-electron chi connectivity index (χ0n) is 12.2. The van der Waals surface area contributed by atoms with Crippen LogP contribution in [-0.4, -0.2) is 33.2 Å². The zero-order valence-corrected chi connectivity index (χ0v) is 14.6. The van der Waals surface area contributed by atoms with Gasteiger partial charge >= 0.3 is 0 Å². The average Bonchev–Trinajstić information content (AvgIpc) is 2.94. The van der Waals surface area contributed by atoms with Gasteiger partial charge in [-0.3, -0.25) is 10.00 Å². The average molecular weight is 349 g/mol. The fourth-order valence-electron chi connectivity index (χ4n) is 2.55. The molecule has 7 heteroatoms. The van der Waals surface area contributed by atoms with Crippen molar-refractivity contribution in [3.63, 3.8) is 0 Å². The summed E-state index contributed by atoms with van der Waals surface area (Å²) in [6, 6.07) is 4.36. The van der Waals surface area contributed by atoms with E-state index in [9.17, 15) is 0 Å². The molecule has 1 aliphatic rings. The molecule has 3 rings (SSSR count). The van der Waals surface area contributed by atoms with E-state index in [2.05, 4.69) is 32.2 Å². The number of hydrogen-bond acceptors (Lipinski definition) is 4. The van der Waals surface area contributed by atoms with Gasteiger partial charge in [-0.25, -0.2) is 4.98 Å². The van der Waals surface area contributed by atoms with Gasteiger partial charge < -0.3 is 0 Å². The van der Waals surface area contributed by atoms with Gasteiger partial charge in [0.25, 0.3) is 0 Å². The molecule has 0 bridgehead atoms. The molecule has 1 fully saturated rings. The minimum Gasteiger partial charge on any atom is -0.298 e. The summed E-state index contributed by atoms with van der Waals surface area (Å²) in [7, 11) is 0. The number of rotatable bonds is 3. The minimum atomic E-state index is 0. The lowest BCUT2D eigenvalue weighted by Gasteiger charge is -2.18. The molecule has 0 aliphatic carbocycles. The lowest BCUT2D eigenvalue weighted by molar-refractivity contribution is 0.279. The number of aromatic amines is 1. The molecule has 1 saturated heterocycles. The van der Waals surface area contributed by atoms with Crippen molar-refractivity contribution in [2.75, 3.05) is 13.1 Å². The molecule has 21 heavy (non-hydrogen) atoms. The van der Waals surface area contributed by atoms with Gasteiger partial charge in [-0.2, -0.15) is 5.10 Å². The first-order valence-electron chi connectivity index (χ1n) is 7.02. The van der Waals surface area contributed by atoms with Crippen LogP contribution >= 0.6 is 36.2 Å². The Morgan fingerprint density at radius 2 is 1.86 bits per heavy atom. The van der Waals surface area contributed by atoms with E-state index in [0.717, 1.165) is 23.1 Å². The number of thiophene rings is 1. The van der Waals surface area contributed by atoms with Crippen molar-refractivity contribution < 1.29 is 0 Å². The third-order valence-electron chi connectivity index (χ3n) is 3.56. The third-order valence-corrected chi connectivity index (χ3v) is 4.62. The molecule has 1 N–H and O–H groups in total.